The number of rotatable bonds is 4. The minimum atomic E-state index is -0.398. The van der Waals surface area contributed by atoms with Gasteiger partial charge in [-0.1, -0.05) is 42.4 Å². The Morgan fingerprint density at radius 3 is 2.69 bits per heavy atom. The lowest BCUT2D eigenvalue weighted by Gasteiger charge is -2.40. The molecule has 1 aliphatic heterocycles. The number of ether oxygens (including phenoxy) is 1. The monoisotopic (exact) mass is 384 g/mol. The maximum Gasteiger partial charge on any atom is 0.317 e. The van der Waals surface area contributed by atoms with Crippen LogP contribution in [-0.2, 0) is 14.9 Å². The van der Waals surface area contributed by atoms with Gasteiger partial charge in [-0.3, -0.25) is 4.79 Å². The number of thiophene rings is 1. The van der Waals surface area contributed by atoms with Crippen molar-refractivity contribution in [3.05, 3.63) is 46.7 Å². The van der Waals surface area contributed by atoms with Crippen LogP contribution in [0.5, 0.6) is 0 Å². The van der Waals surface area contributed by atoms with E-state index in [-0.39, 0.29) is 12.1 Å². The van der Waals surface area contributed by atoms with Crippen molar-refractivity contribution < 1.29 is 9.53 Å². The Morgan fingerprint density at radius 2 is 1.96 bits per heavy atom. The van der Waals surface area contributed by atoms with Crippen LogP contribution in [0.3, 0.4) is 0 Å². The summed E-state index contributed by atoms with van der Waals surface area (Å²) in [7, 11) is 0. The Hall–Kier alpha value is -1.92. The third kappa shape index (κ3) is 2.63. The van der Waals surface area contributed by atoms with Crippen molar-refractivity contribution in [2.24, 2.45) is 0 Å². The second-order valence-electron chi connectivity index (χ2n) is 7.16. The molecule has 2 aliphatic rings. The van der Waals surface area contributed by atoms with E-state index in [1.54, 1.807) is 22.7 Å². The molecule has 0 N–H and O–H groups in total. The summed E-state index contributed by atoms with van der Waals surface area (Å²) in [6.07, 6.45) is 4.03. The lowest BCUT2D eigenvalue weighted by molar-refractivity contribution is -0.157. The smallest absolute Gasteiger partial charge is 0.317 e. The Bertz CT molecular complexity index is 889. The first-order valence-corrected chi connectivity index (χ1v) is 10.8. The SMILES string of the molecule is O=C(OC1CN(c2nc3ccccc3s2)C1)C1(c2cccs2)CCCC1. The number of hydrogen-bond acceptors (Lipinski definition) is 6. The zero-order valence-electron chi connectivity index (χ0n) is 14.4. The normalized spacial score (nSPS) is 19.6. The predicted molar refractivity (Wildman–Crippen MR) is 106 cm³/mol. The van der Waals surface area contributed by atoms with Crippen LogP contribution >= 0.6 is 22.7 Å². The number of para-hydroxylation sites is 1. The molecule has 6 heteroatoms. The third-order valence-corrected chi connectivity index (χ3v) is 7.69. The second-order valence-corrected chi connectivity index (χ2v) is 9.12. The van der Waals surface area contributed by atoms with Crippen molar-refractivity contribution in [1.29, 1.82) is 0 Å². The average molecular weight is 385 g/mol. The number of anilines is 1. The van der Waals surface area contributed by atoms with Crippen LogP contribution in [0.25, 0.3) is 10.2 Å². The zero-order chi connectivity index (χ0) is 17.6. The summed E-state index contributed by atoms with van der Waals surface area (Å²) in [5.41, 5.74) is 0.639. The molecule has 0 radical (unpaired) electrons. The van der Waals surface area contributed by atoms with Gasteiger partial charge in [0.2, 0.25) is 0 Å². The summed E-state index contributed by atoms with van der Waals surface area (Å²) in [5, 5.41) is 3.08. The van der Waals surface area contributed by atoms with E-state index in [0.717, 1.165) is 49.4 Å². The van der Waals surface area contributed by atoms with Crippen LogP contribution in [0.1, 0.15) is 30.6 Å². The van der Waals surface area contributed by atoms with Crippen LogP contribution in [0.15, 0.2) is 41.8 Å². The number of carbonyl (C=O) groups excluding carboxylic acids is 1. The molecule has 0 unspecified atom stereocenters. The highest BCUT2D eigenvalue weighted by Gasteiger charge is 2.47. The first-order chi connectivity index (χ1) is 12.7. The molecule has 5 rings (SSSR count). The number of thiazole rings is 1. The molecule has 4 nitrogen and oxygen atoms in total. The highest BCUT2D eigenvalue weighted by molar-refractivity contribution is 7.22. The van der Waals surface area contributed by atoms with Gasteiger partial charge in [-0.2, -0.15) is 0 Å². The number of benzene rings is 1. The van der Waals surface area contributed by atoms with Crippen LogP contribution < -0.4 is 4.90 Å². The average Bonchev–Trinajstić information content (AvgIpc) is 3.37. The van der Waals surface area contributed by atoms with Gasteiger partial charge in [-0.25, -0.2) is 4.98 Å². The largest absolute Gasteiger partial charge is 0.458 e. The summed E-state index contributed by atoms with van der Waals surface area (Å²) < 4.78 is 7.13. The van der Waals surface area contributed by atoms with Gasteiger partial charge < -0.3 is 9.64 Å². The van der Waals surface area contributed by atoms with Gasteiger partial charge in [-0.15, -0.1) is 11.3 Å². The van der Waals surface area contributed by atoms with Crippen molar-refractivity contribution in [1.82, 2.24) is 4.98 Å². The number of aromatic nitrogens is 1. The first kappa shape index (κ1) is 16.3. The van der Waals surface area contributed by atoms with E-state index in [4.69, 9.17) is 4.74 Å². The van der Waals surface area contributed by atoms with Crippen molar-refractivity contribution in [2.45, 2.75) is 37.2 Å². The molecule has 3 aromatic rings. The molecule has 0 bridgehead atoms. The topological polar surface area (TPSA) is 42.4 Å². The highest BCUT2D eigenvalue weighted by Crippen LogP contribution is 2.44. The molecular weight excluding hydrogens is 364 g/mol. The molecule has 1 aromatic carbocycles. The molecule has 1 saturated carbocycles. The van der Waals surface area contributed by atoms with Gasteiger partial charge in [0.25, 0.3) is 0 Å². The number of fused-ring (bicyclic) bond motifs is 1. The van der Waals surface area contributed by atoms with E-state index in [9.17, 15) is 4.79 Å². The van der Waals surface area contributed by atoms with Gasteiger partial charge in [0, 0.05) is 4.88 Å². The van der Waals surface area contributed by atoms with E-state index >= 15 is 0 Å². The standard InChI is InChI=1S/C20H20N2O2S2/c23-18(20(9-3-4-10-20)17-8-5-11-25-17)24-14-12-22(13-14)19-21-15-6-1-2-7-16(15)26-19/h1-2,5-8,11,14H,3-4,9-10,12-13H2. The van der Waals surface area contributed by atoms with Crippen LogP contribution in [-0.4, -0.2) is 30.1 Å². The van der Waals surface area contributed by atoms with Crippen molar-refractivity contribution in [2.75, 3.05) is 18.0 Å². The maximum absolute atomic E-state index is 13.0. The van der Waals surface area contributed by atoms with Gasteiger partial charge in [0.15, 0.2) is 5.13 Å². The number of hydrogen-bond donors (Lipinski definition) is 0. The summed E-state index contributed by atoms with van der Waals surface area (Å²) in [6.45, 7) is 1.48. The molecule has 0 atom stereocenters. The predicted octanol–water partition coefficient (Wildman–Crippen LogP) is 4.60. The highest BCUT2D eigenvalue weighted by atomic mass is 32.1. The fourth-order valence-electron chi connectivity index (χ4n) is 4.01. The molecule has 3 heterocycles. The maximum atomic E-state index is 13.0. The van der Waals surface area contributed by atoms with E-state index < -0.39 is 5.41 Å². The van der Waals surface area contributed by atoms with Crippen molar-refractivity contribution >= 4 is 44.0 Å². The molecular formula is C20H20N2O2S2. The quantitative estimate of drug-likeness (QED) is 0.617. The minimum absolute atomic E-state index is 0.0213. The summed E-state index contributed by atoms with van der Waals surface area (Å²) in [6, 6.07) is 12.3. The van der Waals surface area contributed by atoms with Crippen LogP contribution in [0, 0.1) is 0 Å². The van der Waals surface area contributed by atoms with Crippen LogP contribution in [0.2, 0.25) is 0 Å². The summed E-state index contributed by atoms with van der Waals surface area (Å²) in [4.78, 5) is 21.1. The molecule has 134 valence electrons. The van der Waals surface area contributed by atoms with Crippen molar-refractivity contribution in [3.8, 4) is 0 Å². The first-order valence-electron chi connectivity index (χ1n) is 9.10. The Morgan fingerprint density at radius 1 is 1.15 bits per heavy atom. The van der Waals surface area contributed by atoms with Gasteiger partial charge in [0.1, 0.15) is 11.5 Å². The number of nitrogens with zero attached hydrogens (tertiary/aromatic N) is 2. The molecule has 0 spiro atoms. The molecule has 26 heavy (non-hydrogen) atoms. The Balaban J connectivity index is 1.26. The van der Waals surface area contributed by atoms with Crippen molar-refractivity contribution in [3.63, 3.8) is 0 Å². The fourth-order valence-corrected chi connectivity index (χ4v) is 5.97. The second kappa shape index (κ2) is 6.35. The van der Waals surface area contributed by atoms with E-state index in [1.807, 2.05) is 24.3 Å². The Kier molecular flexibility index (Phi) is 3.98. The summed E-state index contributed by atoms with van der Waals surface area (Å²) in [5.74, 6) is -0.0219. The van der Waals surface area contributed by atoms with E-state index in [0.29, 0.717) is 0 Å². The minimum Gasteiger partial charge on any atom is -0.458 e. The number of esters is 1. The lowest BCUT2D eigenvalue weighted by atomic mass is 9.84. The lowest BCUT2D eigenvalue weighted by Crippen LogP contribution is -2.54. The molecule has 0 amide bonds. The molecule has 2 fully saturated rings. The molecule has 1 aliphatic carbocycles. The summed E-state index contributed by atoms with van der Waals surface area (Å²) >= 11 is 3.38. The third-order valence-electron chi connectivity index (χ3n) is 5.52. The van der Waals surface area contributed by atoms with E-state index in [1.165, 1.54) is 9.58 Å². The number of carbonyl (C=O) groups is 1. The molecule has 2 aromatic heterocycles. The van der Waals surface area contributed by atoms with Gasteiger partial charge in [-0.05, 0) is 36.4 Å². The zero-order valence-corrected chi connectivity index (χ0v) is 16.0. The Labute approximate surface area is 160 Å². The van der Waals surface area contributed by atoms with E-state index in [2.05, 4.69) is 27.4 Å². The fraction of sp³-hybridized carbons (Fsp3) is 0.400. The molecule has 1 saturated heterocycles. The van der Waals surface area contributed by atoms with Gasteiger partial charge >= 0.3 is 5.97 Å². The van der Waals surface area contributed by atoms with Gasteiger partial charge in [0.05, 0.1) is 23.3 Å². The van der Waals surface area contributed by atoms with Crippen LogP contribution in [0.4, 0.5) is 5.13 Å².